The molecule has 1 aliphatic rings. The molecule has 1 nitrogen and oxygen atoms in total. The lowest BCUT2D eigenvalue weighted by Crippen LogP contribution is -1.83. The van der Waals surface area contributed by atoms with E-state index in [1.807, 2.05) is 0 Å². The Morgan fingerprint density at radius 3 is 2.60 bits per heavy atom. The van der Waals surface area contributed by atoms with Crippen molar-refractivity contribution in [3.63, 3.8) is 0 Å². The Labute approximate surface area is 128 Å². The van der Waals surface area contributed by atoms with E-state index in [0.717, 1.165) is 17.1 Å². The average Bonchev–Trinajstić information content (AvgIpc) is 3.01. The summed E-state index contributed by atoms with van der Waals surface area (Å²) in [5.74, 6) is 0. The van der Waals surface area contributed by atoms with Crippen LogP contribution in [0.25, 0.3) is 22.4 Å². The van der Waals surface area contributed by atoms with E-state index in [-0.39, 0.29) is 12.4 Å². The molecule has 2 aromatic carbocycles. The molecule has 20 heavy (non-hydrogen) atoms. The lowest BCUT2D eigenvalue weighted by molar-refractivity contribution is 1.26. The molecular weight excluding hydrogens is 286 g/mol. The predicted octanol–water partition coefficient (Wildman–Crippen LogP) is 5.11. The van der Waals surface area contributed by atoms with Gasteiger partial charge in [-0.25, -0.2) is 4.98 Å². The number of benzene rings is 2. The van der Waals surface area contributed by atoms with E-state index in [1.165, 1.54) is 27.8 Å². The third-order valence-corrected chi connectivity index (χ3v) is 4.49. The fraction of sp³-hybridized carbons (Fsp3) is 0.118. The molecule has 0 radical (unpaired) electrons. The van der Waals surface area contributed by atoms with Crippen LogP contribution >= 0.6 is 23.7 Å². The van der Waals surface area contributed by atoms with Crippen LogP contribution in [0.15, 0.2) is 47.8 Å². The number of hydrogen-bond acceptors (Lipinski definition) is 2. The third kappa shape index (κ3) is 2.05. The maximum Gasteiger partial charge on any atom is 0.0901 e. The molecular formula is C17H14ClNS. The van der Waals surface area contributed by atoms with Crippen LogP contribution in [-0.2, 0) is 6.42 Å². The van der Waals surface area contributed by atoms with Gasteiger partial charge in [-0.15, -0.1) is 23.7 Å². The molecule has 0 spiro atoms. The predicted molar refractivity (Wildman–Crippen MR) is 87.8 cm³/mol. The Hall–Kier alpha value is -1.64. The molecule has 0 saturated carbocycles. The van der Waals surface area contributed by atoms with Gasteiger partial charge in [0.05, 0.1) is 10.7 Å². The molecule has 0 amide bonds. The SMILES string of the molecule is Cc1nc(-c2ccc3c(c2)-c2ccccc2C3)cs1.Cl. The summed E-state index contributed by atoms with van der Waals surface area (Å²) in [6, 6.07) is 15.4. The summed E-state index contributed by atoms with van der Waals surface area (Å²) in [5, 5.41) is 3.26. The number of halogens is 1. The number of rotatable bonds is 1. The van der Waals surface area contributed by atoms with Gasteiger partial charge < -0.3 is 0 Å². The van der Waals surface area contributed by atoms with Crippen molar-refractivity contribution in [1.82, 2.24) is 4.98 Å². The quantitative estimate of drug-likeness (QED) is 0.476. The van der Waals surface area contributed by atoms with Crippen molar-refractivity contribution in [1.29, 1.82) is 0 Å². The van der Waals surface area contributed by atoms with Crippen molar-refractivity contribution in [2.75, 3.05) is 0 Å². The summed E-state index contributed by atoms with van der Waals surface area (Å²) < 4.78 is 0. The highest BCUT2D eigenvalue weighted by atomic mass is 35.5. The van der Waals surface area contributed by atoms with E-state index in [2.05, 4.69) is 59.8 Å². The lowest BCUT2D eigenvalue weighted by Gasteiger charge is -2.03. The van der Waals surface area contributed by atoms with Crippen LogP contribution in [0.4, 0.5) is 0 Å². The van der Waals surface area contributed by atoms with E-state index in [9.17, 15) is 0 Å². The van der Waals surface area contributed by atoms with Gasteiger partial charge in [-0.05, 0) is 41.7 Å². The number of nitrogens with zero attached hydrogens (tertiary/aromatic N) is 1. The van der Waals surface area contributed by atoms with Crippen molar-refractivity contribution in [3.8, 4) is 22.4 Å². The second kappa shape index (κ2) is 5.04. The molecule has 1 heterocycles. The highest BCUT2D eigenvalue weighted by Gasteiger charge is 2.18. The first-order valence-corrected chi connectivity index (χ1v) is 7.33. The molecule has 3 aromatic rings. The van der Waals surface area contributed by atoms with Crippen LogP contribution in [-0.4, -0.2) is 4.98 Å². The number of aryl methyl sites for hydroxylation is 1. The Bertz CT molecular complexity index is 776. The molecule has 0 fully saturated rings. The fourth-order valence-electron chi connectivity index (χ4n) is 2.78. The van der Waals surface area contributed by atoms with Crippen LogP contribution in [0, 0.1) is 6.92 Å². The van der Waals surface area contributed by atoms with Gasteiger partial charge in [-0.1, -0.05) is 36.4 Å². The molecule has 0 N–H and O–H groups in total. The van der Waals surface area contributed by atoms with Crippen molar-refractivity contribution in [3.05, 3.63) is 64.0 Å². The number of hydrogen-bond donors (Lipinski definition) is 0. The monoisotopic (exact) mass is 299 g/mol. The van der Waals surface area contributed by atoms with Gasteiger partial charge >= 0.3 is 0 Å². The Morgan fingerprint density at radius 1 is 1.00 bits per heavy atom. The van der Waals surface area contributed by atoms with Crippen LogP contribution in [0.2, 0.25) is 0 Å². The minimum Gasteiger partial charge on any atom is -0.242 e. The van der Waals surface area contributed by atoms with Crippen molar-refractivity contribution < 1.29 is 0 Å². The van der Waals surface area contributed by atoms with Crippen molar-refractivity contribution in [2.45, 2.75) is 13.3 Å². The van der Waals surface area contributed by atoms with E-state index in [0.29, 0.717) is 0 Å². The van der Waals surface area contributed by atoms with E-state index in [4.69, 9.17) is 0 Å². The Morgan fingerprint density at radius 2 is 1.80 bits per heavy atom. The molecule has 0 bridgehead atoms. The van der Waals surface area contributed by atoms with Crippen LogP contribution < -0.4 is 0 Å². The molecule has 0 saturated heterocycles. The van der Waals surface area contributed by atoms with Gasteiger partial charge in [0.25, 0.3) is 0 Å². The molecule has 0 aliphatic heterocycles. The van der Waals surface area contributed by atoms with E-state index < -0.39 is 0 Å². The lowest BCUT2D eigenvalue weighted by atomic mass is 10.0. The largest absolute Gasteiger partial charge is 0.242 e. The summed E-state index contributed by atoms with van der Waals surface area (Å²) >= 11 is 1.71. The minimum absolute atomic E-state index is 0. The summed E-state index contributed by atoms with van der Waals surface area (Å²) in [7, 11) is 0. The Kier molecular flexibility index (Phi) is 3.36. The molecule has 4 rings (SSSR count). The van der Waals surface area contributed by atoms with Crippen molar-refractivity contribution in [2.24, 2.45) is 0 Å². The molecule has 0 atom stereocenters. The minimum atomic E-state index is 0. The molecule has 100 valence electrons. The zero-order valence-electron chi connectivity index (χ0n) is 11.1. The second-order valence-corrected chi connectivity index (χ2v) is 6.02. The molecule has 1 aliphatic carbocycles. The van der Waals surface area contributed by atoms with Gasteiger partial charge in [-0.2, -0.15) is 0 Å². The first kappa shape index (κ1) is 13.3. The normalized spacial score (nSPS) is 11.7. The smallest absolute Gasteiger partial charge is 0.0901 e. The standard InChI is InChI=1S/C17H13NS.ClH/c1-11-18-17(10-19-11)14-7-6-13-8-12-4-2-3-5-15(12)16(13)9-14;/h2-7,9-10H,8H2,1H3;1H. The maximum atomic E-state index is 4.58. The van der Waals surface area contributed by atoms with E-state index in [1.54, 1.807) is 11.3 Å². The van der Waals surface area contributed by atoms with Crippen molar-refractivity contribution >= 4 is 23.7 Å². The first-order chi connectivity index (χ1) is 9.31. The second-order valence-electron chi connectivity index (χ2n) is 4.96. The first-order valence-electron chi connectivity index (χ1n) is 6.45. The number of thiazole rings is 1. The average molecular weight is 300 g/mol. The number of aromatic nitrogens is 1. The zero-order chi connectivity index (χ0) is 12.8. The fourth-order valence-corrected chi connectivity index (χ4v) is 3.40. The highest BCUT2D eigenvalue weighted by Crippen LogP contribution is 2.38. The third-order valence-electron chi connectivity index (χ3n) is 3.71. The number of fused-ring (bicyclic) bond motifs is 3. The zero-order valence-corrected chi connectivity index (χ0v) is 12.7. The summed E-state index contributed by atoms with van der Waals surface area (Å²) in [6.45, 7) is 2.05. The van der Waals surface area contributed by atoms with Gasteiger partial charge in [0.2, 0.25) is 0 Å². The summed E-state index contributed by atoms with van der Waals surface area (Å²) in [5.41, 5.74) is 7.93. The molecule has 0 unspecified atom stereocenters. The van der Waals surface area contributed by atoms with Crippen LogP contribution in [0.5, 0.6) is 0 Å². The molecule has 3 heteroatoms. The van der Waals surface area contributed by atoms with Crippen LogP contribution in [0.1, 0.15) is 16.1 Å². The summed E-state index contributed by atoms with van der Waals surface area (Å²) in [6.07, 6.45) is 1.06. The maximum absolute atomic E-state index is 4.58. The van der Waals surface area contributed by atoms with Gasteiger partial charge in [0.15, 0.2) is 0 Å². The van der Waals surface area contributed by atoms with E-state index >= 15 is 0 Å². The molecule has 1 aromatic heterocycles. The summed E-state index contributed by atoms with van der Waals surface area (Å²) in [4.78, 5) is 4.58. The highest BCUT2D eigenvalue weighted by molar-refractivity contribution is 7.09. The van der Waals surface area contributed by atoms with Gasteiger partial charge in [0, 0.05) is 10.9 Å². The van der Waals surface area contributed by atoms with Gasteiger partial charge in [-0.3, -0.25) is 0 Å². The Balaban J connectivity index is 0.00000121. The topological polar surface area (TPSA) is 12.9 Å². The van der Waals surface area contributed by atoms with Gasteiger partial charge in [0.1, 0.15) is 0 Å². The van der Waals surface area contributed by atoms with Crippen LogP contribution in [0.3, 0.4) is 0 Å².